The molecule has 0 unspecified atom stereocenters. The van der Waals surface area contributed by atoms with Crippen molar-refractivity contribution >= 4 is 5.91 Å². The van der Waals surface area contributed by atoms with Gasteiger partial charge in [-0.05, 0) is 19.3 Å². The second kappa shape index (κ2) is 4.71. The number of nitrogens with zero attached hydrogens (tertiary/aromatic N) is 4. The van der Waals surface area contributed by atoms with Crippen LogP contribution in [0.3, 0.4) is 0 Å². The van der Waals surface area contributed by atoms with Crippen molar-refractivity contribution in [2.45, 2.75) is 50.5 Å². The number of aryl methyl sites for hydroxylation is 1. The van der Waals surface area contributed by atoms with Crippen LogP contribution in [-0.2, 0) is 11.8 Å². The highest BCUT2D eigenvalue weighted by molar-refractivity contribution is 5.77. The molecule has 0 bridgehead atoms. The van der Waals surface area contributed by atoms with E-state index in [0.717, 1.165) is 18.8 Å². The topological polar surface area (TPSA) is 51.0 Å². The second-order valence-corrected chi connectivity index (χ2v) is 5.46. The van der Waals surface area contributed by atoms with Gasteiger partial charge in [0.15, 0.2) is 0 Å². The SMILES string of the molecule is Cn1ncnc1[C@H]1CCC(=O)N(C2CCCC2)C1. The molecule has 1 aromatic rings. The first-order valence-corrected chi connectivity index (χ1v) is 6.89. The molecule has 1 saturated heterocycles. The molecule has 1 atom stereocenters. The third-order valence-corrected chi connectivity index (χ3v) is 4.32. The number of hydrogen-bond acceptors (Lipinski definition) is 3. The Labute approximate surface area is 107 Å². The first-order valence-electron chi connectivity index (χ1n) is 6.89. The largest absolute Gasteiger partial charge is 0.339 e. The second-order valence-electron chi connectivity index (χ2n) is 5.46. The molecular formula is C13H20N4O. The number of rotatable bonds is 2. The summed E-state index contributed by atoms with van der Waals surface area (Å²) in [6.07, 6.45) is 8.06. The zero-order valence-electron chi connectivity index (χ0n) is 10.9. The van der Waals surface area contributed by atoms with E-state index < -0.39 is 0 Å². The summed E-state index contributed by atoms with van der Waals surface area (Å²) in [5.41, 5.74) is 0. The average Bonchev–Trinajstić information content (AvgIpc) is 3.01. The van der Waals surface area contributed by atoms with E-state index in [9.17, 15) is 4.79 Å². The van der Waals surface area contributed by atoms with Gasteiger partial charge in [0.25, 0.3) is 0 Å². The lowest BCUT2D eigenvalue weighted by atomic mass is 9.95. The number of piperidine rings is 1. The highest BCUT2D eigenvalue weighted by Gasteiger charge is 2.34. The smallest absolute Gasteiger partial charge is 0.222 e. The van der Waals surface area contributed by atoms with Crippen LogP contribution in [0.2, 0.25) is 0 Å². The highest BCUT2D eigenvalue weighted by Crippen LogP contribution is 2.31. The van der Waals surface area contributed by atoms with Gasteiger partial charge in [-0.3, -0.25) is 9.48 Å². The number of aromatic nitrogens is 3. The van der Waals surface area contributed by atoms with E-state index in [1.807, 2.05) is 11.7 Å². The Hall–Kier alpha value is -1.39. The normalized spacial score (nSPS) is 25.9. The summed E-state index contributed by atoms with van der Waals surface area (Å²) < 4.78 is 1.84. The van der Waals surface area contributed by atoms with Crippen molar-refractivity contribution < 1.29 is 4.79 Å². The highest BCUT2D eigenvalue weighted by atomic mass is 16.2. The summed E-state index contributed by atoms with van der Waals surface area (Å²) >= 11 is 0. The van der Waals surface area contributed by atoms with Crippen molar-refractivity contribution in [3.63, 3.8) is 0 Å². The summed E-state index contributed by atoms with van der Waals surface area (Å²) in [4.78, 5) is 18.5. The van der Waals surface area contributed by atoms with E-state index in [1.54, 1.807) is 6.33 Å². The van der Waals surface area contributed by atoms with Crippen LogP contribution < -0.4 is 0 Å². The van der Waals surface area contributed by atoms with Gasteiger partial charge >= 0.3 is 0 Å². The Morgan fingerprint density at radius 3 is 2.72 bits per heavy atom. The molecule has 0 radical (unpaired) electrons. The molecular weight excluding hydrogens is 228 g/mol. The van der Waals surface area contributed by atoms with Gasteiger partial charge in [0.05, 0.1) is 0 Å². The standard InChI is InChI=1S/C13H20N4O/c1-16-13(14-9-15-16)10-6-7-12(18)17(8-10)11-4-2-3-5-11/h9-11H,2-8H2,1H3/t10-/m0/s1. The molecule has 2 fully saturated rings. The fraction of sp³-hybridized carbons (Fsp3) is 0.769. The van der Waals surface area contributed by atoms with Crippen molar-refractivity contribution in [1.29, 1.82) is 0 Å². The Balaban J connectivity index is 1.75. The van der Waals surface area contributed by atoms with Crippen LogP contribution >= 0.6 is 0 Å². The van der Waals surface area contributed by atoms with Crippen LogP contribution in [-0.4, -0.2) is 38.2 Å². The zero-order valence-corrected chi connectivity index (χ0v) is 10.9. The van der Waals surface area contributed by atoms with Crippen LogP contribution in [0.1, 0.15) is 50.3 Å². The van der Waals surface area contributed by atoms with Crippen LogP contribution in [0.25, 0.3) is 0 Å². The van der Waals surface area contributed by atoms with Gasteiger partial charge in [-0.15, -0.1) is 0 Å². The van der Waals surface area contributed by atoms with Crippen molar-refractivity contribution in [3.8, 4) is 0 Å². The summed E-state index contributed by atoms with van der Waals surface area (Å²) in [6, 6.07) is 0.480. The maximum atomic E-state index is 12.1. The van der Waals surface area contributed by atoms with Crippen molar-refractivity contribution in [2.24, 2.45) is 7.05 Å². The first-order chi connectivity index (χ1) is 8.75. The van der Waals surface area contributed by atoms with Gasteiger partial charge in [0.1, 0.15) is 12.2 Å². The molecule has 5 nitrogen and oxygen atoms in total. The Bertz CT molecular complexity index is 436. The third-order valence-electron chi connectivity index (χ3n) is 4.32. The number of hydrogen-bond donors (Lipinski definition) is 0. The van der Waals surface area contributed by atoms with Gasteiger partial charge in [0, 0.05) is 32.0 Å². The fourth-order valence-electron chi connectivity index (χ4n) is 3.33. The lowest BCUT2D eigenvalue weighted by Gasteiger charge is -2.36. The van der Waals surface area contributed by atoms with Crippen LogP contribution in [0.5, 0.6) is 0 Å². The number of carbonyl (C=O) groups is 1. The maximum Gasteiger partial charge on any atom is 0.222 e. The fourth-order valence-corrected chi connectivity index (χ4v) is 3.33. The number of amides is 1. The van der Waals surface area contributed by atoms with Crippen molar-refractivity contribution in [1.82, 2.24) is 19.7 Å². The minimum absolute atomic E-state index is 0.334. The summed E-state index contributed by atoms with van der Waals surface area (Å²) in [6.45, 7) is 0.829. The molecule has 5 heteroatoms. The molecule has 0 N–H and O–H groups in total. The van der Waals surface area contributed by atoms with Gasteiger partial charge in [-0.2, -0.15) is 5.10 Å². The lowest BCUT2D eigenvalue weighted by molar-refractivity contribution is -0.136. The minimum Gasteiger partial charge on any atom is -0.339 e. The molecule has 3 rings (SSSR count). The van der Waals surface area contributed by atoms with E-state index in [-0.39, 0.29) is 0 Å². The molecule has 0 aromatic carbocycles. The molecule has 2 aliphatic rings. The molecule has 1 aromatic heterocycles. The number of likely N-dealkylation sites (tertiary alicyclic amines) is 1. The van der Waals surface area contributed by atoms with Gasteiger partial charge < -0.3 is 4.90 Å². The van der Waals surface area contributed by atoms with E-state index in [0.29, 0.717) is 24.3 Å². The molecule has 1 amide bonds. The molecule has 98 valence electrons. The average molecular weight is 248 g/mol. The van der Waals surface area contributed by atoms with E-state index in [4.69, 9.17) is 0 Å². The Morgan fingerprint density at radius 1 is 1.28 bits per heavy atom. The van der Waals surface area contributed by atoms with Gasteiger partial charge in [0.2, 0.25) is 5.91 Å². The molecule has 18 heavy (non-hydrogen) atoms. The summed E-state index contributed by atoms with van der Waals surface area (Å²) in [7, 11) is 1.93. The molecule has 1 saturated carbocycles. The summed E-state index contributed by atoms with van der Waals surface area (Å²) in [5, 5.41) is 4.14. The van der Waals surface area contributed by atoms with E-state index in [1.165, 1.54) is 25.7 Å². The van der Waals surface area contributed by atoms with Crippen LogP contribution in [0, 0.1) is 0 Å². The van der Waals surface area contributed by atoms with Crippen molar-refractivity contribution in [3.05, 3.63) is 12.2 Å². The predicted molar refractivity (Wildman–Crippen MR) is 66.9 cm³/mol. The Kier molecular flexibility index (Phi) is 3.06. The molecule has 1 aliphatic heterocycles. The summed E-state index contributed by atoms with van der Waals surface area (Å²) in [5.74, 6) is 1.71. The molecule has 1 aliphatic carbocycles. The monoisotopic (exact) mass is 248 g/mol. The zero-order chi connectivity index (χ0) is 12.5. The minimum atomic E-state index is 0.334. The third kappa shape index (κ3) is 2.02. The van der Waals surface area contributed by atoms with Crippen molar-refractivity contribution in [2.75, 3.05) is 6.54 Å². The van der Waals surface area contributed by atoms with Gasteiger partial charge in [-0.1, -0.05) is 12.8 Å². The van der Waals surface area contributed by atoms with E-state index >= 15 is 0 Å². The predicted octanol–water partition coefficient (Wildman–Crippen LogP) is 1.46. The molecule has 0 spiro atoms. The van der Waals surface area contributed by atoms with Gasteiger partial charge in [-0.25, -0.2) is 4.98 Å². The molecule has 2 heterocycles. The van der Waals surface area contributed by atoms with E-state index in [2.05, 4.69) is 15.0 Å². The first kappa shape index (κ1) is 11.7. The quantitative estimate of drug-likeness (QED) is 0.796. The van der Waals surface area contributed by atoms with Crippen LogP contribution in [0.4, 0.5) is 0 Å². The van der Waals surface area contributed by atoms with Crippen LogP contribution in [0.15, 0.2) is 6.33 Å². The maximum absolute atomic E-state index is 12.1. The number of carbonyl (C=O) groups excluding carboxylic acids is 1. The Morgan fingerprint density at radius 2 is 2.06 bits per heavy atom. The lowest BCUT2D eigenvalue weighted by Crippen LogP contribution is -2.45.